The van der Waals surface area contributed by atoms with Gasteiger partial charge in [-0.2, -0.15) is 0 Å². The number of hydrogen-bond donors (Lipinski definition) is 0. The largest absolute Gasteiger partial charge is 0.0622 e. The Labute approximate surface area is 342 Å². The second-order valence-electron chi connectivity index (χ2n) is 18.4. The molecule has 0 aromatic heterocycles. The van der Waals surface area contributed by atoms with Crippen molar-refractivity contribution in [2.75, 3.05) is 0 Å². The summed E-state index contributed by atoms with van der Waals surface area (Å²) in [5.74, 6) is 0. The van der Waals surface area contributed by atoms with Gasteiger partial charge in [-0.1, -0.05) is 211 Å². The van der Waals surface area contributed by atoms with Gasteiger partial charge < -0.3 is 0 Å². The SMILES string of the molecule is CC(C)(C)c1ccccc1-c1ccc(-c2ccccc2C(C)(C)C)c2c1-c1ccc3c4c(ccc-2c14)-c1c-3c(-c2ccccc2)c2ccccc2c1-c1ccccc1. The maximum absolute atomic E-state index is 2.46. The van der Waals surface area contributed by atoms with Crippen LogP contribution in [0.1, 0.15) is 52.7 Å². The fraction of sp³-hybridized carbons (Fsp3) is 0.138. The summed E-state index contributed by atoms with van der Waals surface area (Å²) in [6.07, 6.45) is 0. The quantitative estimate of drug-likeness (QED) is 0.168. The molecule has 0 radical (unpaired) electrons. The van der Waals surface area contributed by atoms with Gasteiger partial charge in [-0.05, 0) is 133 Å². The zero-order chi connectivity index (χ0) is 39.5. The molecule has 0 unspecified atom stereocenters. The predicted molar refractivity (Wildman–Crippen MR) is 249 cm³/mol. The van der Waals surface area contributed by atoms with Crippen LogP contribution < -0.4 is 0 Å². The van der Waals surface area contributed by atoms with E-state index >= 15 is 0 Å². The first-order chi connectivity index (χ1) is 28.1. The Morgan fingerprint density at radius 3 is 0.931 bits per heavy atom. The lowest BCUT2D eigenvalue weighted by Gasteiger charge is -2.26. The third kappa shape index (κ3) is 4.94. The van der Waals surface area contributed by atoms with Crippen molar-refractivity contribution in [3.05, 3.63) is 181 Å². The summed E-state index contributed by atoms with van der Waals surface area (Å²) >= 11 is 0. The zero-order valence-electron chi connectivity index (χ0n) is 34.2. The van der Waals surface area contributed by atoms with Crippen LogP contribution in [0.3, 0.4) is 0 Å². The van der Waals surface area contributed by atoms with Crippen LogP contribution in [0.25, 0.3) is 111 Å². The summed E-state index contributed by atoms with van der Waals surface area (Å²) < 4.78 is 0. The summed E-state index contributed by atoms with van der Waals surface area (Å²) in [5.41, 5.74) is 23.8. The van der Waals surface area contributed by atoms with Gasteiger partial charge in [0.1, 0.15) is 0 Å². The van der Waals surface area contributed by atoms with Crippen molar-refractivity contribution in [1.29, 1.82) is 0 Å². The van der Waals surface area contributed by atoms with Crippen LogP contribution in [0.15, 0.2) is 170 Å². The number of rotatable bonds is 4. The number of benzene rings is 9. The van der Waals surface area contributed by atoms with Gasteiger partial charge in [-0.25, -0.2) is 0 Å². The molecule has 2 aliphatic carbocycles. The molecule has 11 rings (SSSR count). The molecule has 2 aliphatic rings. The number of fused-ring (bicyclic) bond motifs is 7. The monoisotopic (exact) mass is 742 g/mol. The standard InChI is InChI=1S/C58H46/c1-57(2,3)47-27-17-15-23-37(47)41-29-30-42(38-24-16-18-28-48(38)58(4,5)6)52-44-32-34-46-54-45(33-31-43(51(41)52)53(44)54)55-49(35-19-9-7-10-20-35)39-25-13-14-26-40(39)50(56(46)55)36-21-11-8-12-22-36/h7-34H,1-6H3. The van der Waals surface area contributed by atoms with Gasteiger partial charge in [0.15, 0.2) is 0 Å². The van der Waals surface area contributed by atoms with E-state index in [0.717, 1.165) is 0 Å². The fourth-order valence-electron chi connectivity index (χ4n) is 10.5. The molecular formula is C58H46. The molecule has 0 saturated heterocycles. The lowest BCUT2D eigenvalue weighted by Crippen LogP contribution is -2.13. The van der Waals surface area contributed by atoms with Gasteiger partial charge in [-0.3, -0.25) is 0 Å². The minimum atomic E-state index is -0.0208. The van der Waals surface area contributed by atoms with Crippen molar-refractivity contribution < 1.29 is 0 Å². The third-order valence-corrected chi connectivity index (χ3v) is 12.8. The molecule has 0 saturated carbocycles. The van der Waals surface area contributed by atoms with E-state index in [1.54, 1.807) is 0 Å². The van der Waals surface area contributed by atoms with Gasteiger partial charge in [0.2, 0.25) is 0 Å². The Kier molecular flexibility index (Phi) is 7.48. The molecule has 9 aromatic rings. The highest BCUT2D eigenvalue weighted by atomic mass is 14.4. The fourth-order valence-corrected chi connectivity index (χ4v) is 10.5. The van der Waals surface area contributed by atoms with Crippen LogP contribution in [0.2, 0.25) is 0 Å². The molecule has 58 heavy (non-hydrogen) atoms. The topological polar surface area (TPSA) is 0 Å². The highest BCUT2D eigenvalue weighted by molar-refractivity contribution is 6.33. The van der Waals surface area contributed by atoms with Crippen LogP contribution in [0.5, 0.6) is 0 Å². The molecule has 0 atom stereocenters. The first-order valence-electron chi connectivity index (χ1n) is 20.8. The molecular weight excluding hydrogens is 697 g/mol. The highest BCUT2D eigenvalue weighted by Gasteiger charge is 2.37. The molecule has 0 spiro atoms. The van der Waals surface area contributed by atoms with E-state index in [0.29, 0.717) is 0 Å². The molecule has 278 valence electrons. The van der Waals surface area contributed by atoms with E-state index in [9.17, 15) is 0 Å². The third-order valence-electron chi connectivity index (χ3n) is 12.8. The van der Waals surface area contributed by atoms with Gasteiger partial charge in [0, 0.05) is 0 Å². The van der Waals surface area contributed by atoms with Crippen molar-refractivity contribution in [3.63, 3.8) is 0 Å². The van der Waals surface area contributed by atoms with Crippen LogP contribution in [-0.4, -0.2) is 0 Å². The van der Waals surface area contributed by atoms with E-state index in [1.807, 2.05) is 0 Å². The summed E-state index contributed by atoms with van der Waals surface area (Å²) in [4.78, 5) is 0. The Balaban J connectivity index is 1.30. The molecule has 0 heteroatoms. The average Bonchev–Trinajstić information content (AvgIpc) is 3.75. The van der Waals surface area contributed by atoms with Gasteiger partial charge in [0.25, 0.3) is 0 Å². The van der Waals surface area contributed by atoms with Crippen molar-refractivity contribution in [2.45, 2.75) is 52.4 Å². The minimum absolute atomic E-state index is 0.0208. The molecule has 0 heterocycles. The highest BCUT2D eigenvalue weighted by Crippen LogP contribution is 2.63. The van der Waals surface area contributed by atoms with Crippen LogP contribution in [-0.2, 0) is 10.8 Å². The van der Waals surface area contributed by atoms with Gasteiger partial charge >= 0.3 is 0 Å². The lowest BCUT2D eigenvalue weighted by atomic mass is 9.77. The summed E-state index contributed by atoms with van der Waals surface area (Å²) in [5, 5.41) is 5.32. The van der Waals surface area contributed by atoms with Crippen LogP contribution in [0, 0.1) is 0 Å². The maximum Gasteiger partial charge on any atom is -0.000740 e. The number of hydrogen-bond acceptors (Lipinski definition) is 0. The first-order valence-corrected chi connectivity index (χ1v) is 20.8. The van der Waals surface area contributed by atoms with Crippen molar-refractivity contribution in [3.8, 4) is 89.0 Å². The first kappa shape index (κ1) is 34.7. The van der Waals surface area contributed by atoms with Crippen LogP contribution >= 0.6 is 0 Å². The average molecular weight is 743 g/mol. The Morgan fingerprint density at radius 2 is 0.552 bits per heavy atom. The summed E-state index contributed by atoms with van der Waals surface area (Å²) in [6.45, 7) is 14.0. The zero-order valence-corrected chi connectivity index (χ0v) is 34.2. The van der Waals surface area contributed by atoms with E-state index in [4.69, 9.17) is 0 Å². The summed E-state index contributed by atoms with van der Waals surface area (Å²) in [6, 6.07) is 64.0. The minimum Gasteiger partial charge on any atom is -0.0622 e. The smallest absolute Gasteiger partial charge is 0.000740 e. The Bertz CT molecular complexity index is 2940. The Morgan fingerprint density at radius 1 is 0.241 bits per heavy atom. The van der Waals surface area contributed by atoms with E-state index in [-0.39, 0.29) is 10.8 Å². The maximum atomic E-state index is 2.46. The van der Waals surface area contributed by atoms with Crippen molar-refractivity contribution in [2.24, 2.45) is 0 Å². The second-order valence-corrected chi connectivity index (χ2v) is 18.4. The molecule has 0 N–H and O–H groups in total. The molecule has 0 fully saturated rings. The van der Waals surface area contributed by atoms with Gasteiger partial charge in [-0.15, -0.1) is 0 Å². The molecule has 0 bridgehead atoms. The Hall–Kier alpha value is -6.50. The van der Waals surface area contributed by atoms with E-state index in [1.165, 1.54) is 122 Å². The predicted octanol–water partition coefficient (Wildman–Crippen LogP) is 16.6. The lowest BCUT2D eigenvalue weighted by molar-refractivity contribution is 0.591. The van der Waals surface area contributed by atoms with E-state index in [2.05, 4.69) is 211 Å². The van der Waals surface area contributed by atoms with Crippen molar-refractivity contribution in [1.82, 2.24) is 0 Å². The molecule has 9 aromatic carbocycles. The van der Waals surface area contributed by atoms with E-state index < -0.39 is 0 Å². The molecule has 0 aliphatic heterocycles. The molecule has 0 nitrogen and oxygen atoms in total. The van der Waals surface area contributed by atoms with Gasteiger partial charge in [0.05, 0.1) is 0 Å². The van der Waals surface area contributed by atoms with Crippen LogP contribution in [0.4, 0.5) is 0 Å². The summed E-state index contributed by atoms with van der Waals surface area (Å²) in [7, 11) is 0. The normalized spacial score (nSPS) is 12.7. The second kappa shape index (κ2) is 12.5. The van der Waals surface area contributed by atoms with Crippen molar-refractivity contribution >= 4 is 21.5 Å². The molecule has 0 amide bonds.